The van der Waals surface area contributed by atoms with Gasteiger partial charge in [0, 0.05) is 11.8 Å². The Bertz CT molecular complexity index is 401. The molecule has 0 aromatic carbocycles. The first kappa shape index (κ1) is 10.3. The zero-order chi connectivity index (χ0) is 11.3. The lowest BCUT2D eigenvalue weighted by Crippen LogP contribution is -2.33. The van der Waals surface area contributed by atoms with Crippen molar-refractivity contribution in [2.24, 2.45) is 5.73 Å². The number of nitrogens with zero attached hydrogens (tertiary/aromatic N) is 2. The van der Waals surface area contributed by atoms with Crippen molar-refractivity contribution in [1.29, 1.82) is 0 Å². The van der Waals surface area contributed by atoms with Crippen molar-refractivity contribution in [3.05, 3.63) is 17.5 Å². The van der Waals surface area contributed by atoms with E-state index >= 15 is 0 Å². The molecule has 2 N–H and O–H groups in total. The van der Waals surface area contributed by atoms with Crippen LogP contribution < -0.4 is 5.73 Å². The second-order valence-electron chi connectivity index (χ2n) is 5.27. The van der Waals surface area contributed by atoms with Crippen LogP contribution in [-0.2, 0) is 17.5 Å². The second kappa shape index (κ2) is 2.86. The van der Waals surface area contributed by atoms with Crippen molar-refractivity contribution < 1.29 is 0 Å². The Hall–Kier alpha value is -1.27. The summed E-state index contributed by atoms with van der Waals surface area (Å²) in [5.74, 6) is 2.59. The SMILES string of the molecule is C#CCn1cc2c(n1)[C@@](C)(N)CC2(C)C. The minimum atomic E-state index is -0.321. The first-order valence-corrected chi connectivity index (χ1v) is 5.17. The molecule has 0 aliphatic heterocycles. The van der Waals surface area contributed by atoms with Crippen molar-refractivity contribution in [2.75, 3.05) is 0 Å². The third kappa shape index (κ3) is 1.46. The van der Waals surface area contributed by atoms with Crippen LogP contribution in [0.1, 0.15) is 38.4 Å². The third-order valence-corrected chi connectivity index (χ3v) is 3.09. The molecular formula is C12H17N3. The van der Waals surface area contributed by atoms with Crippen molar-refractivity contribution in [3.63, 3.8) is 0 Å². The monoisotopic (exact) mass is 203 g/mol. The molecule has 1 atom stereocenters. The van der Waals surface area contributed by atoms with Crippen LogP contribution in [0.25, 0.3) is 0 Å². The van der Waals surface area contributed by atoms with Gasteiger partial charge in [-0.25, -0.2) is 0 Å². The average Bonchev–Trinajstić information content (AvgIpc) is 2.53. The molecule has 1 aliphatic carbocycles. The van der Waals surface area contributed by atoms with Gasteiger partial charge in [0.15, 0.2) is 0 Å². The molecule has 2 rings (SSSR count). The van der Waals surface area contributed by atoms with Gasteiger partial charge in [0.05, 0.1) is 11.2 Å². The van der Waals surface area contributed by atoms with E-state index in [0.717, 1.165) is 12.1 Å². The number of hydrogen-bond donors (Lipinski definition) is 1. The fourth-order valence-corrected chi connectivity index (χ4v) is 2.61. The van der Waals surface area contributed by atoms with Gasteiger partial charge in [0.25, 0.3) is 0 Å². The van der Waals surface area contributed by atoms with E-state index in [4.69, 9.17) is 12.2 Å². The molecule has 0 fully saturated rings. The molecule has 0 spiro atoms. The maximum atomic E-state index is 6.25. The molecule has 80 valence electrons. The molecule has 1 aromatic heterocycles. The highest BCUT2D eigenvalue weighted by atomic mass is 15.3. The third-order valence-electron chi connectivity index (χ3n) is 3.09. The highest BCUT2D eigenvalue weighted by molar-refractivity contribution is 5.38. The molecule has 15 heavy (non-hydrogen) atoms. The summed E-state index contributed by atoms with van der Waals surface area (Å²) in [7, 11) is 0. The molecule has 0 saturated carbocycles. The Balaban J connectivity index is 2.51. The van der Waals surface area contributed by atoms with Crippen molar-refractivity contribution in [2.45, 2.75) is 44.7 Å². The lowest BCUT2D eigenvalue weighted by molar-refractivity contribution is 0.373. The van der Waals surface area contributed by atoms with Crippen LogP contribution in [0.5, 0.6) is 0 Å². The Morgan fingerprint density at radius 3 is 2.80 bits per heavy atom. The van der Waals surface area contributed by atoms with Crippen LogP contribution in [0.15, 0.2) is 6.20 Å². The van der Waals surface area contributed by atoms with E-state index in [-0.39, 0.29) is 11.0 Å². The Labute approximate surface area is 90.7 Å². The predicted molar refractivity (Wildman–Crippen MR) is 60.2 cm³/mol. The number of hydrogen-bond acceptors (Lipinski definition) is 2. The lowest BCUT2D eigenvalue weighted by Gasteiger charge is -2.22. The van der Waals surface area contributed by atoms with Crippen LogP contribution >= 0.6 is 0 Å². The number of terminal acetylenes is 1. The van der Waals surface area contributed by atoms with E-state index in [1.807, 2.05) is 13.1 Å². The molecule has 3 nitrogen and oxygen atoms in total. The molecule has 1 aliphatic rings. The van der Waals surface area contributed by atoms with Crippen molar-refractivity contribution in [3.8, 4) is 12.3 Å². The molecule has 1 heterocycles. The zero-order valence-electron chi connectivity index (χ0n) is 9.54. The van der Waals surface area contributed by atoms with E-state index in [1.165, 1.54) is 5.56 Å². The van der Waals surface area contributed by atoms with Gasteiger partial charge < -0.3 is 5.73 Å². The number of nitrogens with two attached hydrogens (primary N) is 1. The second-order valence-corrected chi connectivity index (χ2v) is 5.27. The van der Waals surface area contributed by atoms with E-state index < -0.39 is 0 Å². The topological polar surface area (TPSA) is 43.8 Å². The Morgan fingerprint density at radius 2 is 2.27 bits per heavy atom. The zero-order valence-corrected chi connectivity index (χ0v) is 9.54. The maximum Gasteiger partial charge on any atom is 0.101 e. The summed E-state index contributed by atoms with van der Waals surface area (Å²) < 4.78 is 1.80. The fourth-order valence-electron chi connectivity index (χ4n) is 2.61. The summed E-state index contributed by atoms with van der Waals surface area (Å²) in [4.78, 5) is 0. The number of rotatable bonds is 1. The van der Waals surface area contributed by atoms with Crippen molar-refractivity contribution in [1.82, 2.24) is 9.78 Å². The summed E-state index contributed by atoms with van der Waals surface area (Å²) in [5.41, 5.74) is 8.27. The van der Waals surface area contributed by atoms with Gasteiger partial charge in [-0.3, -0.25) is 4.68 Å². The minimum Gasteiger partial charge on any atom is -0.320 e. The number of fused-ring (bicyclic) bond motifs is 1. The van der Waals surface area contributed by atoms with Gasteiger partial charge in [-0.2, -0.15) is 5.10 Å². The van der Waals surface area contributed by atoms with E-state index in [2.05, 4.69) is 24.9 Å². The van der Waals surface area contributed by atoms with Gasteiger partial charge in [-0.15, -0.1) is 6.42 Å². The molecular weight excluding hydrogens is 186 g/mol. The minimum absolute atomic E-state index is 0.103. The van der Waals surface area contributed by atoms with Gasteiger partial charge in [-0.1, -0.05) is 19.8 Å². The highest BCUT2D eigenvalue weighted by Crippen LogP contribution is 2.45. The molecule has 0 radical (unpaired) electrons. The maximum absolute atomic E-state index is 6.25. The van der Waals surface area contributed by atoms with E-state index in [1.54, 1.807) is 4.68 Å². The van der Waals surface area contributed by atoms with Crippen LogP contribution in [0, 0.1) is 12.3 Å². The van der Waals surface area contributed by atoms with Crippen molar-refractivity contribution >= 4 is 0 Å². The Kier molecular flexibility index (Phi) is 1.96. The molecule has 0 saturated heterocycles. The first-order chi connectivity index (χ1) is 6.87. The van der Waals surface area contributed by atoms with Gasteiger partial charge in [-0.05, 0) is 18.8 Å². The van der Waals surface area contributed by atoms with Crippen LogP contribution in [0.3, 0.4) is 0 Å². The van der Waals surface area contributed by atoms with Gasteiger partial charge in [0.1, 0.15) is 6.54 Å². The summed E-state index contributed by atoms with van der Waals surface area (Å²) >= 11 is 0. The normalized spacial score (nSPS) is 27.4. The standard InChI is InChI=1S/C12H17N3/c1-5-6-15-7-9-10(14-15)12(4,13)8-11(9,2)3/h1,7H,6,8,13H2,2-4H3/t12-/m0/s1. The predicted octanol–water partition coefficient (Wildman–Crippen LogP) is 1.37. The smallest absolute Gasteiger partial charge is 0.101 e. The summed E-state index contributed by atoms with van der Waals surface area (Å²) in [6.45, 7) is 6.95. The molecule has 0 bridgehead atoms. The molecule has 3 heteroatoms. The van der Waals surface area contributed by atoms with Crippen LogP contribution in [0.4, 0.5) is 0 Å². The average molecular weight is 203 g/mol. The molecule has 1 aromatic rings. The quantitative estimate of drug-likeness (QED) is 0.701. The fraction of sp³-hybridized carbons (Fsp3) is 0.583. The van der Waals surface area contributed by atoms with E-state index in [0.29, 0.717) is 6.54 Å². The van der Waals surface area contributed by atoms with Crippen LogP contribution in [-0.4, -0.2) is 9.78 Å². The lowest BCUT2D eigenvalue weighted by atomic mass is 9.85. The van der Waals surface area contributed by atoms with Gasteiger partial charge >= 0.3 is 0 Å². The summed E-state index contributed by atoms with van der Waals surface area (Å²) in [6, 6.07) is 0. The van der Waals surface area contributed by atoms with Crippen LogP contribution in [0.2, 0.25) is 0 Å². The Morgan fingerprint density at radius 1 is 1.60 bits per heavy atom. The number of aromatic nitrogens is 2. The van der Waals surface area contributed by atoms with E-state index in [9.17, 15) is 0 Å². The largest absolute Gasteiger partial charge is 0.320 e. The summed E-state index contributed by atoms with van der Waals surface area (Å²) in [5, 5.41) is 4.48. The molecule has 0 amide bonds. The summed E-state index contributed by atoms with van der Waals surface area (Å²) in [6.07, 6.45) is 8.25. The highest BCUT2D eigenvalue weighted by Gasteiger charge is 2.45. The molecule has 0 unspecified atom stereocenters. The van der Waals surface area contributed by atoms with Gasteiger partial charge in [0.2, 0.25) is 0 Å². The first-order valence-electron chi connectivity index (χ1n) is 5.17.